The monoisotopic (exact) mass is 268 g/mol. The Kier molecular flexibility index (Phi) is 5.77. The first-order valence-corrected chi connectivity index (χ1v) is 5.84. The molecule has 0 aromatic carbocycles. The molecule has 0 radical (unpaired) electrons. The fraction of sp³-hybridized carbons (Fsp3) is 0.0667. The molecule has 0 saturated carbocycles. The lowest BCUT2D eigenvalue weighted by Crippen LogP contribution is -2.23. The predicted octanol–water partition coefficient (Wildman–Crippen LogP) is 2.96. The molecule has 1 N–H and O–H groups in total. The van der Waals surface area contributed by atoms with Gasteiger partial charge < -0.3 is 5.32 Å². The van der Waals surface area contributed by atoms with Gasteiger partial charge in [0.2, 0.25) is 0 Å². The van der Waals surface area contributed by atoms with E-state index in [1.807, 2.05) is 6.07 Å². The molecule has 1 aromatic rings. The predicted molar refractivity (Wildman–Crippen MR) is 80.6 cm³/mol. The average Bonchev–Trinajstić information content (AvgIpc) is 2.46. The van der Waals surface area contributed by atoms with E-state index in [-0.39, 0.29) is 5.70 Å². The van der Waals surface area contributed by atoms with Crippen molar-refractivity contribution in [2.45, 2.75) is 0 Å². The van der Waals surface area contributed by atoms with Gasteiger partial charge in [-0.3, -0.25) is 9.78 Å². The Morgan fingerprint density at radius 3 is 2.80 bits per heavy atom. The molecule has 0 aliphatic carbocycles. The average molecular weight is 268 g/mol. The van der Waals surface area contributed by atoms with Crippen LogP contribution in [-0.4, -0.2) is 17.9 Å². The zero-order valence-electron chi connectivity index (χ0n) is 11.3. The van der Waals surface area contributed by atoms with E-state index in [0.717, 1.165) is 5.56 Å². The highest BCUT2D eigenvalue weighted by Crippen LogP contribution is 2.14. The van der Waals surface area contributed by atoms with Crippen molar-refractivity contribution in [1.29, 1.82) is 0 Å². The molecular formula is C15H16N4O. The highest BCUT2D eigenvalue weighted by molar-refractivity contribution is 5.98. The number of pyridine rings is 1. The van der Waals surface area contributed by atoms with Gasteiger partial charge in [-0.1, -0.05) is 38.0 Å². The van der Waals surface area contributed by atoms with Crippen molar-refractivity contribution in [2.24, 2.45) is 10.2 Å². The van der Waals surface area contributed by atoms with Crippen molar-refractivity contribution in [3.05, 3.63) is 67.2 Å². The molecule has 5 nitrogen and oxygen atoms in total. The van der Waals surface area contributed by atoms with Gasteiger partial charge in [0.1, 0.15) is 0 Å². The van der Waals surface area contributed by atoms with E-state index >= 15 is 0 Å². The number of nitrogens with one attached hydrogen (secondary N) is 1. The number of hydrogen-bond acceptors (Lipinski definition) is 4. The lowest BCUT2D eigenvalue weighted by atomic mass is 10.1. The molecule has 0 spiro atoms. The van der Waals surface area contributed by atoms with Crippen molar-refractivity contribution in [1.82, 2.24) is 10.3 Å². The summed E-state index contributed by atoms with van der Waals surface area (Å²) in [5.74, 6) is -0.429. The van der Waals surface area contributed by atoms with Crippen LogP contribution in [0.5, 0.6) is 0 Å². The summed E-state index contributed by atoms with van der Waals surface area (Å²) in [6, 6.07) is 3.61. The fourth-order valence-electron chi connectivity index (χ4n) is 1.47. The minimum atomic E-state index is -0.429. The fourth-order valence-corrected chi connectivity index (χ4v) is 1.47. The molecule has 0 unspecified atom stereocenters. The quantitative estimate of drug-likeness (QED) is 0.489. The van der Waals surface area contributed by atoms with Gasteiger partial charge in [0.25, 0.3) is 5.91 Å². The molecule has 1 rings (SSSR count). The summed E-state index contributed by atoms with van der Waals surface area (Å²) >= 11 is 0. The third-order valence-corrected chi connectivity index (χ3v) is 2.33. The van der Waals surface area contributed by atoms with Gasteiger partial charge in [0.05, 0.1) is 11.4 Å². The molecule has 0 aliphatic rings. The van der Waals surface area contributed by atoms with Crippen LogP contribution in [0.2, 0.25) is 0 Å². The first kappa shape index (κ1) is 15.2. The minimum Gasteiger partial charge on any atom is -0.319 e. The lowest BCUT2D eigenvalue weighted by Gasteiger charge is -2.09. The Morgan fingerprint density at radius 1 is 1.45 bits per heavy atom. The molecule has 0 bridgehead atoms. The van der Waals surface area contributed by atoms with Crippen LogP contribution < -0.4 is 5.32 Å². The summed E-state index contributed by atoms with van der Waals surface area (Å²) in [5.41, 5.74) is 1.85. The molecule has 5 heteroatoms. The van der Waals surface area contributed by atoms with E-state index in [2.05, 4.69) is 40.3 Å². The lowest BCUT2D eigenvalue weighted by molar-refractivity contribution is -0.116. The molecule has 102 valence electrons. The van der Waals surface area contributed by atoms with E-state index < -0.39 is 5.91 Å². The van der Waals surface area contributed by atoms with Crippen molar-refractivity contribution < 1.29 is 4.79 Å². The molecule has 1 amide bonds. The van der Waals surface area contributed by atoms with Crippen LogP contribution in [0.4, 0.5) is 0 Å². The summed E-state index contributed by atoms with van der Waals surface area (Å²) < 4.78 is 0. The van der Waals surface area contributed by atoms with Crippen LogP contribution in [-0.2, 0) is 4.79 Å². The summed E-state index contributed by atoms with van der Waals surface area (Å²) in [7, 11) is 1.48. The van der Waals surface area contributed by atoms with Gasteiger partial charge in [0.15, 0.2) is 5.70 Å². The Bertz CT molecular complexity index is 600. The molecule has 0 aliphatic heterocycles. The maximum absolute atomic E-state index is 12.0. The van der Waals surface area contributed by atoms with Crippen LogP contribution in [0, 0.1) is 0 Å². The summed E-state index contributed by atoms with van der Waals surface area (Å²) in [5, 5.41) is 9.93. The van der Waals surface area contributed by atoms with E-state index in [1.54, 1.807) is 18.3 Å². The second-order valence-corrected chi connectivity index (χ2v) is 3.67. The van der Waals surface area contributed by atoms with Crippen LogP contribution in [0.15, 0.2) is 66.1 Å². The third kappa shape index (κ3) is 3.84. The number of amides is 1. The Balaban J connectivity index is 2.95. The number of azo groups is 1. The van der Waals surface area contributed by atoms with Gasteiger partial charge in [-0.15, -0.1) is 0 Å². The maximum atomic E-state index is 12.0. The summed E-state index contributed by atoms with van der Waals surface area (Å²) in [4.78, 5) is 16.2. The smallest absolute Gasteiger partial charge is 0.276 e. The maximum Gasteiger partial charge on any atom is 0.276 e. The minimum absolute atomic E-state index is 0.139. The van der Waals surface area contributed by atoms with Crippen molar-refractivity contribution in [3.63, 3.8) is 0 Å². The van der Waals surface area contributed by atoms with Crippen LogP contribution in [0.1, 0.15) is 11.3 Å². The number of carbonyl (C=O) groups excluding carboxylic acids is 1. The number of allylic oxidation sites excluding steroid dienone is 2. The van der Waals surface area contributed by atoms with E-state index in [1.165, 1.54) is 19.2 Å². The zero-order valence-corrected chi connectivity index (χ0v) is 11.3. The van der Waals surface area contributed by atoms with Crippen LogP contribution in [0.3, 0.4) is 0 Å². The largest absolute Gasteiger partial charge is 0.319 e. The second kappa shape index (κ2) is 7.58. The molecule has 0 atom stereocenters. The SMILES string of the molecule is C=C/C=C(\N=NC)C(=O)NC(=C)c1ncccc1C=C. The zero-order chi connectivity index (χ0) is 15.0. The Hall–Kier alpha value is -2.82. The first-order valence-electron chi connectivity index (χ1n) is 5.84. The van der Waals surface area contributed by atoms with Crippen molar-refractivity contribution >= 4 is 17.7 Å². The molecular weight excluding hydrogens is 252 g/mol. The van der Waals surface area contributed by atoms with Gasteiger partial charge in [-0.2, -0.15) is 10.2 Å². The summed E-state index contributed by atoms with van der Waals surface area (Å²) in [6.45, 7) is 11.0. The molecule has 1 heterocycles. The van der Waals surface area contributed by atoms with E-state index in [4.69, 9.17) is 0 Å². The third-order valence-electron chi connectivity index (χ3n) is 2.33. The molecule has 1 aromatic heterocycles. The highest BCUT2D eigenvalue weighted by Gasteiger charge is 2.12. The second-order valence-electron chi connectivity index (χ2n) is 3.67. The number of carbonyl (C=O) groups is 1. The normalized spacial score (nSPS) is 11.2. The van der Waals surface area contributed by atoms with Crippen LogP contribution >= 0.6 is 0 Å². The van der Waals surface area contributed by atoms with Gasteiger partial charge in [-0.25, -0.2) is 0 Å². The summed E-state index contributed by atoms with van der Waals surface area (Å²) in [6.07, 6.45) is 6.18. The Labute approximate surface area is 118 Å². The number of rotatable bonds is 6. The van der Waals surface area contributed by atoms with Gasteiger partial charge in [0, 0.05) is 18.8 Å². The number of aromatic nitrogens is 1. The van der Waals surface area contributed by atoms with Gasteiger partial charge >= 0.3 is 0 Å². The van der Waals surface area contributed by atoms with Crippen molar-refractivity contribution in [3.8, 4) is 0 Å². The Morgan fingerprint density at radius 2 is 2.20 bits per heavy atom. The van der Waals surface area contributed by atoms with Crippen molar-refractivity contribution in [2.75, 3.05) is 7.05 Å². The molecule has 0 fully saturated rings. The standard InChI is InChI=1S/C15H16N4O/c1-5-8-13(19-16-4)15(20)18-11(3)14-12(6-2)9-7-10-17-14/h5-10H,1-3H2,4H3,(H,18,20)/b13-8-,19-16?. The van der Waals surface area contributed by atoms with Gasteiger partial charge in [-0.05, 0) is 12.1 Å². The van der Waals surface area contributed by atoms with Crippen LogP contribution in [0.25, 0.3) is 11.8 Å². The number of nitrogens with zero attached hydrogens (tertiary/aromatic N) is 3. The molecule has 0 saturated heterocycles. The topological polar surface area (TPSA) is 66.7 Å². The van der Waals surface area contributed by atoms with E-state index in [9.17, 15) is 4.79 Å². The van der Waals surface area contributed by atoms with E-state index in [0.29, 0.717) is 11.4 Å². The highest BCUT2D eigenvalue weighted by atomic mass is 16.2. The molecule has 20 heavy (non-hydrogen) atoms. The number of hydrogen-bond donors (Lipinski definition) is 1. The first-order chi connectivity index (χ1) is 9.63.